The number of anilines is 1. The molecule has 0 spiro atoms. The number of hydrogen-bond donors (Lipinski definition) is 1. The third-order valence-corrected chi connectivity index (χ3v) is 5.02. The second kappa shape index (κ2) is 6.96. The number of rotatable bonds is 4. The van der Waals surface area contributed by atoms with Crippen LogP contribution in [0.1, 0.15) is 50.8 Å². The third-order valence-electron chi connectivity index (χ3n) is 5.02. The Labute approximate surface area is 145 Å². The Hall–Kier alpha value is -1.84. The van der Waals surface area contributed by atoms with Crippen LogP contribution >= 0.6 is 0 Å². The Balaban J connectivity index is 2.10. The molecule has 0 amide bonds. The number of hydroxylamine groups is 1. The molecule has 0 radical (unpaired) electrons. The molecule has 1 heterocycles. The fourth-order valence-corrected chi connectivity index (χ4v) is 3.92. The summed E-state index contributed by atoms with van der Waals surface area (Å²) in [4.78, 5) is 0. The predicted octanol–water partition coefficient (Wildman–Crippen LogP) is 4.88. The van der Waals surface area contributed by atoms with Crippen molar-refractivity contribution in [3.63, 3.8) is 0 Å². The van der Waals surface area contributed by atoms with Crippen LogP contribution in [-0.2, 0) is 0 Å². The highest BCUT2D eigenvalue weighted by molar-refractivity contribution is 5.59. The zero-order valence-corrected chi connectivity index (χ0v) is 14.8. The van der Waals surface area contributed by atoms with Crippen LogP contribution < -0.4 is 10.4 Å². The van der Waals surface area contributed by atoms with E-state index in [4.69, 9.17) is 0 Å². The van der Waals surface area contributed by atoms with Crippen molar-refractivity contribution in [2.75, 3.05) is 11.6 Å². The Bertz CT molecular complexity index is 671. The van der Waals surface area contributed by atoms with E-state index in [0.717, 1.165) is 24.1 Å². The van der Waals surface area contributed by atoms with Gasteiger partial charge in [0.05, 0.1) is 6.04 Å². The van der Waals surface area contributed by atoms with Crippen LogP contribution in [0.5, 0.6) is 0 Å². The van der Waals surface area contributed by atoms with E-state index in [0.29, 0.717) is 12.5 Å². The molecule has 3 nitrogen and oxygen atoms in total. The molecule has 1 unspecified atom stereocenters. The second-order valence-corrected chi connectivity index (χ2v) is 7.32. The molecule has 1 aliphatic heterocycles. The standard InChI is InChI=1S/C21H27N2O/c1-4-21(14-16(2)3)15-23(24)19-13-9-8-12-18(19)20(22-21)17-10-6-5-7-11-17/h5-13,16,20,22H,4,14-15H2,1-3H3/q-1/t20-,21?/m1/s1. The summed E-state index contributed by atoms with van der Waals surface area (Å²) in [7, 11) is 0. The lowest BCUT2D eigenvalue weighted by molar-refractivity contribution is 0.253. The van der Waals surface area contributed by atoms with E-state index >= 15 is 0 Å². The van der Waals surface area contributed by atoms with Crippen LogP contribution in [0, 0.1) is 11.1 Å². The van der Waals surface area contributed by atoms with Gasteiger partial charge in [0.1, 0.15) is 0 Å². The lowest BCUT2D eigenvalue weighted by Crippen LogP contribution is -2.52. The summed E-state index contributed by atoms with van der Waals surface area (Å²) in [5.41, 5.74) is 2.88. The van der Waals surface area contributed by atoms with Crippen LogP contribution in [0.4, 0.5) is 5.69 Å². The first-order chi connectivity index (χ1) is 11.5. The quantitative estimate of drug-likeness (QED) is 0.871. The van der Waals surface area contributed by atoms with Crippen LogP contribution in [0.3, 0.4) is 0 Å². The van der Waals surface area contributed by atoms with Gasteiger partial charge in [0.25, 0.3) is 0 Å². The minimum Gasteiger partial charge on any atom is -0.758 e. The number of para-hydroxylation sites is 1. The first-order valence-electron chi connectivity index (χ1n) is 8.91. The van der Waals surface area contributed by atoms with E-state index in [1.54, 1.807) is 0 Å². The van der Waals surface area contributed by atoms with E-state index in [9.17, 15) is 5.21 Å². The molecule has 0 fully saturated rings. The van der Waals surface area contributed by atoms with Crippen molar-refractivity contribution in [2.45, 2.75) is 45.2 Å². The lowest BCUT2D eigenvalue weighted by Gasteiger charge is -2.42. The monoisotopic (exact) mass is 323 g/mol. The number of hydrogen-bond acceptors (Lipinski definition) is 3. The molecule has 0 saturated carbocycles. The number of nitrogens with zero attached hydrogens (tertiary/aromatic N) is 1. The Morgan fingerprint density at radius 2 is 1.79 bits per heavy atom. The Kier molecular flexibility index (Phi) is 4.93. The number of benzene rings is 2. The minimum atomic E-state index is -0.185. The van der Waals surface area contributed by atoms with Gasteiger partial charge in [-0.05, 0) is 36.0 Å². The van der Waals surface area contributed by atoms with E-state index in [1.165, 1.54) is 10.6 Å². The molecule has 3 rings (SSSR count). The molecule has 0 aliphatic carbocycles. The molecule has 2 aromatic carbocycles. The average molecular weight is 323 g/mol. The van der Waals surface area contributed by atoms with Gasteiger partial charge < -0.3 is 10.3 Å². The summed E-state index contributed by atoms with van der Waals surface area (Å²) in [6.45, 7) is 7.12. The number of fused-ring (bicyclic) bond motifs is 1. The van der Waals surface area contributed by atoms with Gasteiger partial charge in [-0.15, -0.1) is 0 Å². The smallest absolute Gasteiger partial charge is 0.0601 e. The summed E-state index contributed by atoms with van der Waals surface area (Å²) >= 11 is 0. The molecule has 2 atom stereocenters. The van der Waals surface area contributed by atoms with E-state index in [-0.39, 0.29) is 11.6 Å². The molecular weight excluding hydrogens is 296 g/mol. The van der Waals surface area contributed by atoms with E-state index in [2.05, 4.69) is 56.4 Å². The molecule has 2 aromatic rings. The van der Waals surface area contributed by atoms with Crippen molar-refractivity contribution in [2.24, 2.45) is 5.92 Å². The summed E-state index contributed by atoms with van der Waals surface area (Å²) in [6, 6.07) is 18.5. The van der Waals surface area contributed by atoms with Crippen LogP contribution in [0.15, 0.2) is 54.6 Å². The summed E-state index contributed by atoms with van der Waals surface area (Å²) < 4.78 is 0. The van der Waals surface area contributed by atoms with Crippen molar-refractivity contribution in [1.29, 1.82) is 0 Å². The zero-order chi connectivity index (χ0) is 17.2. The van der Waals surface area contributed by atoms with Gasteiger partial charge in [-0.25, -0.2) is 0 Å². The molecule has 0 bridgehead atoms. The highest BCUT2D eigenvalue weighted by Gasteiger charge is 2.36. The number of nitrogens with one attached hydrogen (secondary N) is 1. The Morgan fingerprint density at radius 3 is 2.46 bits per heavy atom. The molecule has 1 aliphatic rings. The van der Waals surface area contributed by atoms with Gasteiger partial charge >= 0.3 is 0 Å². The van der Waals surface area contributed by atoms with Gasteiger partial charge in [-0.2, -0.15) is 0 Å². The third kappa shape index (κ3) is 3.33. The first kappa shape index (κ1) is 17.0. The van der Waals surface area contributed by atoms with E-state index in [1.807, 2.05) is 24.3 Å². The summed E-state index contributed by atoms with van der Waals surface area (Å²) in [5.74, 6) is 0.531. The first-order valence-corrected chi connectivity index (χ1v) is 8.91. The zero-order valence-electron chi connectivity index (χ0n) is 14.8. The molecule has 24 heavy (non-hydrogen) atoms. The summed E-state index contributed by atoms with van der Waals surface area (Å²) in [5, 5.41) is 18.0. The highest BCUT2D eigenvalue weighted by atomic mass is 16.5. The second-order valence-electron chi connectivity index (χ2n) is 7.32. The van der Waals surface area contributed by atoms with Crippen molar-refractivity contribution >= 4 is 5.69 Å². The molecule has 1 N–H and O–H groups in total. The maximum Gasteiger partial charge on any atom is 0.0601 e. The maximum atomic E-state index is 12.9. The van der Waals surface area contributed by atoms with Crippen molar-refractivity contribution in [3.05, 3.63) is 70.9 Å². The largest absolute Gasteiger partial charge is 0.758 e. The average Bonchev–Trinajstić information content (AvgIpc) is 2.71. The SMILES string of the molecule is CCC1(CC(C)C)CN([O-])c2ccccc2[C@@H](c2ccccc2)N1. The van der Waals surface area contributed by atoms with Crippen molar-refractivity contribution in [3.8, 4) is 0 Å². The molecule has 3 heteroatoms. The molecule has 128 valence electrons. The van der Waals surface area contributed by atoms with Gasteiger partial charge in [-0.3, -0.25) is 5.32 Å². The lowest BCUT2D eigenvalue weighted by atomic mass is 9.84. The highest BCUT2D eigenvalue weighted by Crippen LogP contribution is 2.38. The van der Waals surface area contributed by atoms with Gasteiger partial charge in [0, 0.05) is 17.8 Å². The Morgan fingerprint density at radius 1 is 1.12 bits per heavy atom. The molecule has 0 aromatic heterocycles. The maximum absolute atomic E-state index is 12.9. The minimum absolute atomic E-state index is 0.0417. The van der Waals surface area contributed by atoms with E-state index < -0.39 is 0 Å². The predicted molar refractivity (Wildman–Crippen MR) is 101 cm³/mol. The molecule has 0 saturated heterocycles. The van der Waals surface area contributed by atoms with Crippen LogP contribution in [0.25, 0.3) is 0 Å². The van der Waals surface area contributed by atoms with Gasteiger partial charge in [0.2, 0.25) is 0 Å². The molecular formula is C21H27N2O-. The van der Waals surface area contributed by atoms with Crippen molar-refractivity contribution < 1.29 is 0 Å². The van der Waals surface area contributed by atoms with Gasteiger partial charge in [-0.1, -0.05) is 69.3 Å². The van der Waals surface area contributed by atoms with Crippen LogP contribution in [-0.4, -0.2) is 12.1 Å². The normalized spacial score (nSPS) is 23.9. The van der Waals surface area contributed by atoms with Crippen LogP contribution in [0.2, 0.25) is 0 Å². The van der Waals surface area contributed by atoms with Gasteiger partial charge in [0.15, 0.2) is 0 Å². The fourth-order valence-electron chi connectivity index (χ4n) is 3.92. The fraction of sp³-hybridized carbons (Fsp3) is 0.429. The topological polar surface area (TPSA) is 38.3 Å². The van der Waals surface area contributed by atoms with Crippen molar-refractivity contribution in [1.82, 2.24) is 5.32 Å². The summed E-state index contributed by atoms with van der Waals surface area (Å²) in [6.07, 6.45) is 1.92.